The van der Waals surface area contributed by atoms with Gasteiger partial charge >= 0.3 is 5.97 Å². The second kappa shape index (κ2) is 6.54. The molecule has 3 unspecified atom stereocenters. The number of aromatic amines is 2. The van der Waals surface area contributed by atoms with Crippen LogP contribution in [0.25, 0.3) is 0 Å². The minimum Gasteiger partial charge on any atom is -0.461 e. The summed E-state index contributed by atoms with van der Waals surface area (Å²) in [5.74, 6) is -2.16. The van der Waals surface area contributed by atoms with Gasteiger partial charge in [-0.2, -0.15) is 0 Å². The lowest BCUT2D eigenvalue weighted by Gasteiger charge is -2.40. The van der Waals surface area contributed by atoms with E-state index in [1.807, 2.05) is 0 Å². The molecule has 1 heterocycles. The van der Waals surface area contributed by atoms with E-state index in [1.54, 1.807) is 31.2 Å². The average molecular weight is 363 g/mol. The summed E-state index contributed by atoms with van der Waals surface area (Å²) in [7, 11) is 0. The Balaban J connectivity index is 2.16. The molecule has 1 aromatic carbocycles. The van der Waals surface area contributed by atoms with Gasteiger partial charge in [-0.1, -0.05) is 36.4 Å². The van der Waals surface area contributed by atoms with E-state index in [1.165, 1.54) is 6.08 Å². The maximum absolute atomic E-state index is 12.7. The first kappa shape index (κ1) is 17.5. The zero-order chi connectivity index (χ0) is 18.2. The number of carbonyl (C=O) groups is 1. The Morgan fingerprint density at radius 1 is 1.44 bits per heavy atom. The van der Waals surface area contributed by atoms with Crippen molar-refractivity contribution in [1.29, 1.82) is 0 Å². The van der Waals surface area contributed by atoms with Gasteiger partial charge in [0.1, 0.15) is 6.61 Å². The molecule has 132 valence electrons. The molecule has 0 saturated heterocycles. The van der Waals surface area contributed by atoms with Crippen LogP contribution in [0.2, 0.25) is 5.02 Å². The highest BCUT2D eigenvalue weighted by Crippen LogP contribution is 2.44. The van der Waals surface area contributed by atoms with Crippen LogP contribution in [0.3, 0.4) is 0 Å². The number of benzene rings is 1. The number of carbonyl (C=O) groups excluding carboxylic acids is 1. The third-order valence-corrected chi connectivity index (χ3v) is 4.82. The lowest BCUT2D eigenvalue weighted by Crippen LogP contribution is -2.50. The maximum atomic E-state index is 12.7. The van der Waals surface area contributed by atoms with Crippen LogP contribution in [0.1, 0.15) is 29.7 Å². The van der Waals surface area contributed by atoms with Crippen LogP contribution < -0.4 is 5.56 Å². The zero-order valence-corrected chi connectivity index (χ0v) is 14.5. The van der Waals surface area contributed by atoms with Gasteiger partial charge in [-0.25, -0.2) is 0 Å². The summed E-state index contributed by atoms with van der Waals surface area (Å²) in [5.41, 5.74) is 0.0288. The fourth-order valence-electron chi connectivity index (χ4n) is 3.52. The molecule has 1 aliphatic rings. The van der Waals surface area contributed by atoms with Crippen LogP contribution in [0.4, 0.5) is 0 Å². The molecule has 0 fully saturated rings. The number of halogens is 1. The van der Waals surface area contributed by atoms with Gasteiger partial charge in [-0.15, -0.1) is 0 Å². The van der Waals surface area contributed by atoms with Crippen molar-refractivity contribution in [2.24, 2.45) is 5.92 Å². The first-order chi connectivity index (χ1) is 11.8. The topological polar surface area (TPSA) is 95.2 Å². The first-order valence-corrected chi connectivity index (χ1v) is 8.27. The van der Waals surface area contributed by atoms with E-state index in [0.717, 1.165) is 0 Å². The molecule has 3 atom stereocenters. The number of rotatable bonds is 4. The van der Waals surface area contributed by atoms with E-state index in [9.17, 15) is 14.7 Å². The molecule has 2 aromatic rings. The molecular weight excluding hydrogens is 344 g/mol. The summed E-state index contributed by atoms with van der Waals surface area (Å²) in [6, 6.07) is 6.87. The van der Waals surface area contributed by atoms with Crippen molar-refractivity contribution in [3.05, 3.63) is 69.1 Å². The van der Waals surface area contributed by atoms with Gasteiger partial charge in [0.15, 0.2) is 0 Å². The minimum atomic E-state index is -1.39. The van der Waals surface area contributed by atoms with Crippen LogP contribution >= 0.6 is 11.6 Å². The van der Waals surface area contributed by atoms with Crippen molar-refractivity contribution in [1.82, 2.24) is 10.2 Å². The molecule has 1 aliphatic carbocycles. The number of esters is 1. The summed E-state index contributed by atoms with van der Waals surface area (Å²) >= 11 is 5.96. The van der Waals surface area contributed by atoms with E-state index in [2.05, 4.69) is 16.8 Å². The lowest BCUT2D eigenvalue weighted by molar-refractivity contribution is -0.158. The molecule has 3 N–H and O–H groups in total. The van der Waals surface area contributed by atoms with E-state index in [0.29, 0.717) is 21.8 Å². The third-order valence-electron chi connectivity index (χ3n) is 4.57. The van der Waals surface area contributed by atoms with Crippen LogP contribution in [0.15, 0.2) is 41.7 Å². The van der Waals surface area contributed by atoms with Crippen molar-refractivity contribution in [2.45, 2.75) is 24.9 Å². The fraction of sp³-hybridized carbons (Fsp3) is 0.333. The molecule has 0 bridgehead atoms. The van der Waals surface area contributed by atoms with Gasteiger partial charge in [0.25, 0.3) is 5.56 Å². The van der Waals surface area contributed by atoms with Gasteiger partial charge in [0.2, 0.25) is 0 Å². The highest BCUT2D eigenvalue weighted by atomic mass is 35.5. The fourth-order valence-corrected chi connectivity index (χ4v) is 3.64. The van der Waals surface area contributed by atoms with Gasteiger partial charge in [0, 0.05) is 28.6 Å². The molecule has 0 aliphatic heterocycles. The average Bonchev–Trinajstić information content (AvgIpc) is 2.91. The van der Waals surface area contributed by atoms with Crippen LogP contribution in [-0.4, -0.2) is 33.5 Å². The number of ether oxygens (including phenoxy) is 1. The Morgan fingerprint density at radius 2 is 2.12 bits per heavy atom. The summed E-state index contributed by atoms with van der Waals surface area (Å²) in [6.45, 7) is 5.14. The molecular formula is C18H19ClN2O4. The first-order valence-electron chi connectivity index (χ1n) is 7.90. The molecule has 7 heteroatoms. The molecule has 3 rings (SSSR count). The van der Waals surface area contributed by atoms with E-state index < -0.39 is 23.4 Å². The molecule has 0 amide bonds. The molecule has 6 nitrogen and oxygen atoms in total. The monoisotopic (exact) mass is 362 g/mol. The Labute approximate surface area is 149 Å². The van der Waals surface area contributed by atoms with E-state index in [4.69, 9.17) is 16.3 Å². The Hall–Kier alpha value is -2.31. The predicted octanol–water partition coefficient (Wildman–Crippen LogP) is 2.14. The van der Waals surface area contributed by atoms with Crippen LogP contribution in [-0.2, 0) is 16.0 Å². The van der Waals surface area contributed by atoms with Crippen molar-refractivity contribution in [2.75, 3.05) is 6.61 Å². The van der Waals surface area contributed by atoms with Crippen molar-refractivity contribution in [3.63, 3.8) is 0 Å². The van der Waals surface area contributed by atoms with E-state index in [-0.39, 0.29) is 18.6 Å². The van der Waals surface area contributed by atoms with Crippen molar-refractivity contribution < 1.29 is 14.6 Å². The third kappa shape index (κ3) is 3.15. The maximum Gasteiger partial charge on any atom is 0.313 e. The molecule has 0 saturated carbocycles. The van der Waals surface area contributed by atoms with Gasteiger partial charge in [-0.05, 0) is 24.6 Å². The standard InChI is InChI=1S/C18H19ClN2O4/c1-3-8-25-17(23)15-13(10-4-6-11(19)7-5-10)14-12(9-18(15,2)24)20-21-16(14)22/h3-7,13,15,24H,1,8-9H2,2H3,(H2,20,21,22). The second-order valence-electron chi connectivity index (χ2n) is 6.43. The van der Waals surface area contributed by atoms with Crippen molar-refractivity contribution in [3.8, 4) is 0 Å². The number of hydrogen-bond acceptors (Lipinski definition) is 4. The minimum absolute atomic E-state index is 0.0368. The highest BCUT2D eigenvalue weighted by Gasteiger charge is 2.51. The van der Waals surface area contributed by atoms with Crippen LogP contribution in [0.5, 0.6) is 0 Å². The summed E-state index contributed by atoms with van der Waals surface area (Å²) in [5, 5.41) is 16.8. The molecule has 1 aromatic heterocycles. The Bertz CT molecular complexity index is 851. The van der Waals surface area contributed by atoms with Crippen LogP contribution in [0, 0.1) is 5.92 Å². The van der Waals surface area contributed by atoms with Gasteiger partial charge in [0.05, 0.1) is 11.5 Å². The van der Waals surface area contributed by atoms with Gasteiger partial charge in [-0.3, -0.25) is 14.7 Å². The quantitative estimate of drug-likeness (QED) is 0.573. The molecule has 0 radical (unpaired) electrons. The number of H-pyrrole nitrogens is 2. The molecule has 0 spiro atoms. The number of nitrogens with one attached hydrogen (secondary N) is 2. The molecule has 25 heavy (non-hydrogen) atoms. The summed E-state index contributed by atoms with van der Waals surface area (Å²) in [6.07, 6.45) is 1.60. The van der Waals surface area contributed by atoms with Crippen molar-refractivity contribution >= 4 is 17.6 Å². The lowest BCUT2D eigenvalue weighted by atomic mass is 9.66. The number of aliphatic hydroxyl groups is 1. The Morgan fingerprint density at radius 3 is 2.76 bits per heavy atom. The normalized spacial score (nSPS) is 25.2. The smallest absolute Gasteiger partial charge is 0.313 e. The van der Waals surface area contributed by atoms with Gasteiger partial charge < -0.3 is 14.9 Å². The number of aromatic nitrogens is 2. The second-order valence-corrected chi connectivity index (χ2v) is 6.87. The number of hydrogen-bond donors (Lipinski definition) is 3. The highest BCUT2D eigenvalue weighted by molar-refractivity contribution is 6.30. The largest absolute Gasteiger partial charge is 0.461 e. The zero-order valence-electron chi connectivity index (χ0n) is 13.7. The van der Waals surface area contributed by atoms with E-state index >= 15 is 0 Å². The SMILES string of the molecule is C=CCOC(=O)C1C(c2ccc(Cl)cc2)c2c([nH][nH]c2=O)CC1(C)O. The summed E-state index contributed by atoms with van der Waals surface area (Å²) < 4.78 is 5.21. The summed E-state index contributed by atoms with van der Waals surface area (Å²) in [4.78, 5) is 25.0. The number of fused-ring (bicyclic) bond motifs is 1. The Kier molecular flexibility index (Phi) is 4.58. The predicted molar refractivity (Wildman–Crippen MR) is 93.7 cm³/mol.